The van der Waals surface area contributed by atoms with Crippen molar-refractivity contribution >= 4 is 15.9 Å². The summed E-state index contributed by atoms with van der Waals surface area (Å²) in [6.45, 7) is 4.44. The number of nitrogens with one attached hydrogen (secondary N) is 1. The fourth-order valence-electron chi connectivity index (χ4n) is 3.33. The Morgan fingerprint density at radius 2 is 2.10 bits per heavy atom. The van der Waals surface area contributed by atoms with Gasteiger partial charge in [-0.2, -0.15) is 0 Å². The summed E-state index contributed by atoms with van der Waals surface area (Å²) in [4.78, 5) is 2.43. The molecule has 3 rings (SSSR count). The zero-order chi connectivity index (χ0) is 14.7. The van der Waals surface area contributed by atoms with Crippen LogP contribution >= 0.6 is 15.9 Å². The first-order chi connectivity index (χ1) is 10.2. The van der Waals surface area contributed by atoms with Crippen molar-refractivity contribution in [1.82, 2.24) is 10.2 Å². The first kappa shape index (κ1) is 15.3. The molecule has 4 heteroatoms. The molecule has 1 atom stereocenters. The van der Waals surface area contributed by atoms with E-state index < -0.39 is 0 Å². The van der Waals surface area contributed by atoms with Crippen molar-refractivity contribution in [2.75, 3.05) is 33.3 Å². The average molecular weight is 353 g/mol. The lowest BCUT2D eigenvalue weighted by Crippen LogP contribution is -2.36. The highest BCUT2D eigenvalue weighted by Crippen LogP contribution is 2.34. The Labute approximate surface area is 136 Å². The molecule has 0 aliphatic carbocycles. The Bertz CT molecular complexity index is 472. The minimum atomic E-state index is 0.440. The molecule has 0 aromatic heterocycles. The second kappa shape index (κ2) is 7.12. The minimum absolute atomic E-state index is 0.440. The molecule has 116 valence electrons. The molecule has 3 nitrogen and oxygen atoms in total. The van der Waals surface area contributed by atoms with Crippen LogP contribution in [-0.2, 0) is 0 Å². The number of nitrogens with zero attached hydrogens (tertiary/aromatic N) is 1. The van der Waals surface area contributed by atoms with Crippen LogP contribution in [0.15, 0.2) is 22.7 Å². The van der Waals surface area contributed by atoms with Gasteiger partial charge in [-0.15, -0.1) is 0 Å². The maximum atomic E-state index is 5.89. The van der Waals surface area contributed by atoms with Crippen molar-refractivity contribution in [3.63, 3.8) is 0 Å². The Morgan fingerprint density at radius 3 is 2.90 bits per heavy atom. The maximum Gasteiger partial charge on any atom is 0.125 e. The van der Waals surface area contributed by atoms with Crippen LogP contribution in [0.3, 0.4) is 0 Å². The van der Waals surface area contributed by atoms with Crippen molar-refractivity contribution in [3.8, 4) is 5.75 Å². The monoisotopic (exact) mass is 352 g/mol. The average Bonchev–Trinajstić information content (AvgIpc) is 2.68. The second-order valence-corrected chi connectivity index (χ2v) is 7.30. The lowest BCUT2D eigenvalue weighted by molar-refractivity contribution is 0.212. The fraction of sp³-hybridized carbons (Fsp3) is 0.647. The molecule has 1 aromatic rings. The van der Waals surface area contributed by atoms with Crippen LogP contribution < -0.4 is 10.1 Å². The number of hydrogen-bond acceptors (Lipinski definition) is 3. The Morgan fingerprint density at radius 1 is 1.29 bits per heavy atom. The van der Waals surface area contributed by atoms with Crippen molar-refractivity contribution in [2.24, 2.45) is 5.92 Å². The van der Waals surface area contributed by atoms with Gasteiger partial charge in [0, 0.05) is 16.1 Å². The highest BCUT2D eigenvalue weighted by molar-refractivity contribution is 9.10. The van der Waals surface area contributed by atoms with E-state index in [0.29, 0.717) is 6.04 Å². The van der Waals surface area contributed by atoms with Gasteiger partial charge in [-0.25, -0.2) is 0 Å². The third-order valence-electron chi connectivity index (χ3n) is 4.74. The van der Waals surface area contributed by atoms with Crippen molar-refractivity contribution in [3.05, 3.63) is 28.2 Å². The molecule has 0 saturated carbocycles. The number of likely N-dealkylation sites (tertiary alicyclic amines) is 1. The molecule has 2 heterocycles. The number of hydrogen-bond donors (Lipinski definition) is 1. The van der Waals surface area contributed by atoms with E-state index in [4.69, 9.17) is 4.74 Å². The predicted molar refractivity (Wildman–Crippen MR) is 89.8 cm³/mol. The van der Waals surface area contributed by atoms with Gasteiger partial charge >= 0.3 is 0 Å². The number of piperidine rings is 1. The van der Waals surface area contributed by atoms with E-state index in [1.54, 1.807) is 0 Å². The third-order valence-corrected chi connectivity index (χ3v) is 5.23. The fourth-order valence-corrected chi connectivity index (χ4v) is 3.67. The van der Waals surface area contributed by atoms with E-state index in [1.165, 1.54) is 37.9 Å². The Balaban J connectivity index is 1.63. The second-order valence-electron chi connectivity index (χ2n) is 6.38. The van der Waals surface area contributed by atoms with Crippen LogP contribution in [0, 0.1) is 5.92 Å². The SMILES string of the molecule is CN1CCC(CNC2CCCOc3cc(Br)ccc32)CC1. The van der Waals surface area contributed by atoms with Crippen LogP contribution in [0.25, 0.3) is 0 Å². The summed E-state index contributed by atoms with van der Waals surface area (Å²) >= 11 is 3.54. The van der Waals surface area contributed by atoms with Crippen LogP contribution in [0.5, 0.6) is 5.75 Å². The summed E-state index contributed by atoms with van der Waals surface area (Å²) in [6, 6.07) is 6.87. The van der Waals surface area contributed by atoms with Gasteiger partial charge in [-0.3, -0.25) is 0 Å². The van der Waals surface area contributed by atoms with E-state index in [-0.39, 0.29) is 0 Å². The molecular weight excluding hydrogens is 328 g/mol. The molecule has 2 aliphatic heterocycles. The lowest BCUT2D eigenvalue weighted by atomic mass is 9.95. The van der Waals surface area contributed by atoms with Gasteiger partial charge < -0.3 is 15.0 Å². The molecule has 1 fully saturated rings. The number of benzene rings is 1. The van der Waals surface area contributed by atoms with Crippen molar-refractivity contribution in [1.29, 1.82) is 0 Å². The van der Waals surface area contributed by atoms with Crippen molar-refractivity contribution in [2.45, 2.75) is 31.7 Å². The molecule has 1 saturated heterocycles. The molecule has 0 radical (unpaired) electrons. The van der Waals surface area contributed by atoms with Gasteiger partial charge in [0.15, 0.2) is 0 Å². The van der Waals surface area contributed by atoms with E-state index in [0.717, 1.165) is 35.7 Å². The number of ether oxygens (including phenoxy) is 1. The summed E-state index contributed by atoms with van der Waals surface area (Å²) in [5.41, 5.74) is 1.32. The summed E-state index contributed by atoms with van der Waals surface area (Å²) in [6.07, 6.45) is 4.93. The van der Waals surface area contributed by atoms with E-state index >= 15 is 0 Å². The summed E-state index contributed by atoms with van der Waals surface area (Å²) in [5, 5.41) is 3.81. The molecule has 2 aliphatic rings. The molecule has 0 spiro atoms. The lowest BCUT2D eigenvalue weighted by Gasteiger charge is -2.30. The van der Waals surface area contributed by atoms with Gasteiger partial charge in [0.25, 0.3) is 0 Å². The van der Waals surface area contributed by atoms with Crippen LogP contribution in [0.2, 0.25) is 0 Å². The number of fused-ring (bicyclic) bond motifs is 1. The van der Waals surface area contributed by atoms with Gasteiger partial charge in [0.05, 0.1) is 6.61 Å². The zero-order valence-electron chi connectivity index (χ0n) is 12.8. The number of rotatable bonds is 3. The van der Waals surface area contributed by atoms with Gasteiger partial charge in [-0.05, 0) is 70.4 Å². The maximum absolute atomic E-state index is 5.89. The van der Waals surface area contributed by atoms with Crippen LogP contribution in [-0.4, -0.2) is 38.2 Å². The zero-order valence-corrected chi connectivity index (χ0v) is 14.4. The first-order valence-electron chi connectivity index (χ1n) is 8.06. The van der Waals surface area contributed by atoms with E-state index in [9.17, 15) is 0 Å². The minimum Gasteiger partial charge on any atom is -0.493 e. The van der Waals surface area contributed by atoms with Gasteiger partial charge in [0.1, 0.15) is 5.75 Å². The quantitative estimate of drug-likeness (QED) is 0.899. The molecule has 1 unspecified atom stereocenters. The molecule has 1 aromatic carbocycles. The molecule has 0 bridgehead atoms. The highest BCUT2D eigenvalue weighted by Gasteiger charge is 2.22. The third kappa shape index (κ3) is 3.99. The number of halogens is 1. The standard InChI is InChI=1S/C17H25BrN2O/c1-20-8-6-13(7-9-20)12-19-16-3-2-10-21-17-11-14(18)4-5-15(16)17/h4-5,11,13,16,19H,2-3,6-10,12H2,1H3. The summed E-state index contributed by atoms with van der Waals surface area (Å²) in [5.74, 6) is 1.87. The summed E-state index contributed by atoms with van der Waals surface area (Å²) < 4.78 is 6.98. The van der Waals surface area contributed by atoms with Gasteiger partial charge in [0.2, 0.25) is 0 Å². The van der Waals surface area contributed by atoms with E-state index in [2.05, 4.69) is 51.4 Å². The highest BCUT2D eigenvalue weighted by atomic mass is 79.9. The first-order valence-corrected chi connectivity index (χ1v) is 8.86. The Hall–Kier alpha value is -0.580. The van der Waals surface area contributed by atoms with Crippen molar-refractivity contribution < 1.29 is 4.74 Å². The van der Waals surface area contributed by atoms with E-state index in [1.807, 2.05) is 0 Å². The predicted octanol–water partition coefficient (Wildman–Crippen LogP) is 3.59. The van der Waals surface area contributed by atoms with Gasteiger partial charge in [-0.1, -0.05) is 22.0 Å². The van der Waals surface area contributed by atoms with Crippen LogP contribution in [0.1, 0.15) is 37.3 Å². The summed E-state index contributed by atoms with van der Waals surface area (Å²) in [7, 11) is 2.22. The molecule has 0 amide bonds. The normalized spacial score (nSPS) is 24.2. The molecule has 21 heavy (non-hydrogen) atoms. The topological polar surface area (TPSA) is 24.5 Å². The smallest absolute Gasteiger partial charge is 0.125 e. The molecular formula is C17H25BrN2O. The van der Waals surface area contributed by atoms with Crippen LogP contribution in [0.4, 0.5) is 0 Å². The Kier molecular flexibility index (Phi) is 5.19. The largest absolute Gasteiger partial charge is 0.493 e. The molecule has 1 N–H and O–H groups in total.